The first kappa shape index (κ1) is 12.6. The van der Waals surface area contributed by atoms with Gasteiger partial charge >= 0.3 is 0 Å². The first-order valence-corrected chi connectivity index (χ1v) is 7.57. The van der Waals surface area contributed by atoms with Crippen molar-refractivity contribution in [2.24, 2.45) is 0 Å². The van der Waals surface area contributed by atoms with Crippen LogP contribution in [0.1, 0.15) is 36.6 Å². The minimum Gasteiger partial charge on any atom is -0.331 e. The van der Waals surface area contributed by atoms with Crippen LogP contribution in [0.3, 0.4) is 0 Å². The Morgan fingerprint density at radius 3 is 3.10 bits per heavy atom. The fourth-order valence-electron chi connectivity index (χ4n) is 3.74. The summed E-state index contributed by atoms with van der Waals surface area (Å²) in [4.78, 5) is 19.3. The molecule has 1 amide bonds. The number of aromatic nitrogens is 1. The average molecular weight is 293 g/mol. The number of nitrogens with zero attached hydrogens (tertiary/aromatic N) is 2. The molecular weight excluding hydrogens is 276 g/mol. The van der Waals surface area contributed by atoms with Gasteiger partial charge in [0.1, 0.15) is 6.04 Å². The van der Waals surface area contributed by atoms with Crippen molar-refractivity contribution in [2.45, 2.75) is 43.8 Å². The first-order chi connectivity index (χ1) is 9.74. The third-order valence-electron chi connectivity index (χ3n) is 4.65. The Morgan fingerprint density at radius 2 is 2.30 bits per heavy atom. The molecule has 3 unspecified atom stereocenters. The Morgan fingerprint density at radius 1 is 1.40 bits per heavy atom. The van der Waals surface area contributed by atoms with E-state index in [0.717, 1.165) is 43.5 Å². The van der Waals surface area contributed by atoms with Crippen molar-refractivity contribution in [2.75, 3.05) is 6.54 Å². The van der Waals surface area contributed by atoms with Gasteiger partial charge in [0.05, 0.1) is 11.1 Å². The lowest BCUT2D eigenvalue weighted by atomic mass is 9.97. The molecule has 3 atom stereocenters. The molecule has 0 aromatic carbocycles. The van der Waals surface area contributed by atoms with Crippen LogP contribution < -0.4 is 10.9 Å². The molecule has 6 heteroatoms. The zero-order valence-electron chi connectivity index (χ0n) is 11.1. The molecule has 5 nitrogen and oxygen atoms in total. The Balaban J connectivity index is 1.68. The van der Waals surface area contributed by atoms with Crippen LogP contribution >= 0.6 is 11.6 Å². The van der Waals surface area contributed by atoms with Gasteiger partial charge in [0.2, 0.25) is 5.91 Å². The number of carbonyl (C=O) groups is 1. The normalized spacial score (nSPS) is 31.4. The number of amides is 1. The fraction of sp³-hybridized carbons (Fsp3) is 0.571. The molecule has 0 aliphatic carbocycles. The number of carbonyl (C=O) groups excluding carboxylic acids is 1. The number of pyridine rings is 1. The molecule has 1 aromatic rings. The molecule has 2 N–H and O–H groups in total. The summed E-state index contributed by atoms with van der Waals surface area (Å²) < 4.78 is 0. The van der Waals surface area contributed by atoms with Gasteiger partial charge in [-0.2, -0.15) is 0 Å². The molecule has 1 aromatic heterocycles. The number of hydrogen-bond donors (Lipinski definition) is 2. The maximum Gasteiger partial charge on any atom is 0.241 e. The van der Waals surface area contributed by atoms with Gasteiger partial charge in [-0.25, -0.2) is 5.43 Å². The molecule has 2 bridgehead atoms. The number of hydrazine groups is 1. The van der Waals surface area contributed by atoms with Gasteiger partial charge in [-0.05, 0) is 30.9 Å². The highest BCUT2D eigenvalue weighted by molar-refractivity contribution is 6.30. The summed E-state index contributed by atoms with van der Waals surface area (Å²) >= 11 is 6.08. The van der Waals surface area contributed by atoms with Crippen LogP contribution in [0.25, 0.3) is 0 Å². The molecule has 106 valence electrons. The Kier molecular flexibility index (Phi) is 2.94. The second kappa shape index (κ2) is 4.69. The Hall–Kier alpha value is -1.17. The van der Waals surface area contributed by atoms with Crippen molar-refractivity contribution in [3.63, 3.8) is 0 Å². The van der Waals surface area contributed by atoms with Gasteiger partial charge in [-0.3, -0.25) is 15.2 Å². The SMILES string of the molecule is O=C(C1CCNN1)N1C2CCC1c1cc(Cl)cnc1C2. The van der Waals surface area contributed by atoms with Crippen molar-refractivity contribution in [3.8, 4) is 0 Å². The van der Waals surface area contributed by atoms with E-state index >= 15 is 0 Å². The molecule has 0 radical (unpaired) electrons. The van der Waals surface area contributed by atoms with E-state index in [1.165, 1.54) is 0 Å². The highest BCUT2D eigenvalue weighted by Gasteiger charge is 2.45. The number of fused-ring (bicyclic) bond motifs is 4. The van der Waals surface area contributed by atoms with Crippen LogP contribution in [-0.4, -0.2) is 34.4 Å². The fourth-order valence-corrected chi connectivity index (χ4v) is 3.90. The molecule has 2 saturated heterocycles. The first-order valence-electron chi connectivity index (χ1n) is 7.19. The molecule has 2 fully saturated rings. The van der Waals surface area contributed by atoms with E-state index in [-0.39, 0.29) is 18.0 Å². The molecule has 4 rings (SSSR count). The summed E-state index contributed by atoms with van der Waals surface area (Å²) in [6.07, 6.45) is 5.50. The smallest absolute Gasteiger partial charge is 0.241 e. The van der Waals surface area contributed by atoms with E-state index < -0.39 is 0 Å². The van der Waals surface area contributed by atoms with Crippen LogP contribution in [0.5, 0.6) is 0 Å². The largest absolute Gasteiger partial charge is 0.331 e. The lowest BCUT2D eigenvalue weighted by Gasteiger charge is -2.37. The van der Waals surface area contributed by atoms with Gasteiger partial charge in [-0.15, -0.1) is 0 Å². The van der Waals surface area contributed by atoms with Crippen molar-refractivity contribution in [1.29, 1.82) is 0 Å². The number of halogens is 1. The van der Waals surface area contributed by atoms with Gasteiger partial charge in [0.15, 0.2) is 0 Å². The second-order valence-electron chi connectivity index (χ2n) is 5.80. The van der Waals surface area contributed by atoms with Crippen molar-refractivity contribution >= 4 is 17.5 Å². The highest BCUT2D eigenvalue weighted by Crippen LogP contribution is 2.44. The molecule has 0 spiro atoms. The van der Waals surface area contributed by atoms with Crippen LogP contribution in [0.15, 0.2) is 12.3 Å². The number of hydrogen-bond acceptors (Lipinski definition) is 4. The van der Waals surface area contributed by atoms with Crippen molar-refractivity contribution in [1.82, 2.24) is 20.7 Å². The monoisotopic (exact) mass is 292 g/mol. The Labute approximate surface area is 122 Å². The quantitative estimate of drug-likeness (QED) is 0.816. The van der Waals surface area contributed by atoms with Crippen LogP contribution in [0.4, 0.5) is 0 Å². The minimum absolute atomic E-state index is 0.0909. The van der Waals surface area contributed by atoms with E-state index in [1.807, 2.05) is 6.07 Å². The van der Waals surface area contributed by atoms with Gasteiger partial charge in [0, 0.05) is 30.9 Å². The van der Waals surface area contributed by atoms with E-state index in [1.54, 1.807) is 6.20 Å². The third kappa shape index (κ3) is 1.84. The summed E-state index contributed by atoms with van der Waals surface area (Å²) in [5.74, 6) is 0.216. The highest BCUT2D eigenvalue weighted by atomic mass is 35.5. The van der Waals surface area contributed by atoms with E-state index in [2.05, 4.69) is 20.7 Å². The number of nitrogens with one attached hydrogen (secondary N) is 2. The molecule has 4 heterocycles. The molecule has 0 saturated carbocycles. The molecule has 3 aliphatic heterocycles. The number of rotatable bonds is 1. The predicted octanol–water partition coefficient (Wildman–Crippen LogP) is 1.19. The van der Waals surface area contributed by atoms with Gasteiger partial charge < -0.3 is 4.90 Å². The topological polar surface area (TPSA) is 57.3 Å². The summed E-state index contributed by atoms with van der Waals surface area (Å²) in [5, 5.41) is 0.655. The van der Waals surface area contributed by atoms with Crippen LogP contribution in [0, 0.1) is 0 Å². The summed E-state index contributed by atoms with van der Waals surface area (Å²) in [6.45, 7) is 0.851. The minimum atomic E-state index is -0.0909. The summed E-state index contributed by atoms with van der Waals surface area (Å²) in [6, 6.07) is 2.35. The van der Waals surface area contributed by atoms with E-state index in [0.29, 0.717) is 11.1 Å². The van der Waals surface area contributed by atoms with Crippen LogP contribution in [0.2, 0.25) is 5.02 Å². The zero-order valence-corrected chi connectivity index (χ0v) is 11.9. The predicted molar refractivity (Wildman–Crippen MR) is 75.1 cm³/mol. The van der Waals surface area contributed by atoms with Crippen LogP contribution in [-0.2, 0) is 11.2 Å². The molecule has 3 aliphatic rings. The average Bonchev–Trinajstić information content (AvgIpc) is 3.07. The third-order valence-corrected chi connectivity index (χ3v) is 4.85. The van der Waals surface area contributed by atoms with E-state index in [4.69, 9.17) is 11.6 Å². The summed E-state index contributed by atoms with van der Waals surface area (Å²) in [7, 11) is 0. The zero-order chi connectivity index (χ0) is 13.7. The van der Waals surface area contributed by atoms with Crippen molar-refractivity contribution < 1.29 is 4.79 Å². The molecule has 20 heavy (non-hydrogen) atoms. The lowest BCUT2D eigenvalue weighted by Crippen LogP contribution is -2.50. The second-order valence-corrected chi connectivity index (χ2v) is 6.23. The maximum atomic E-state index is 12.7. The molecular formula is C14H17ClN4O. The van der Waals surface area contributed by atoms with Crippen molar-refractivity contribution in [3.05, 3.63) is 28.5 Å². The Bertz CT molecular complexity index is 558. The van der Waals surface area contributed by atoms with Gasteiger partial charge in [-0.1, -0.05) is 11.6 Å². The van der Waals surface area contributed by atoms with Gasteiger partial charge in [0.25, 0.3) is 0 Å². The lowest BCUT2D eigenvalue weighted by molar-refractivity contribution is -0.136. The standard InChI is InChI=1S/C14H17ClN4O/c15-8-5-10-12(16-7-8)6-9-1-2-13(10)19(9)14(20)11-3-4-17-18-11/h5,7,9,11,13,17-18H,1-4,6H2. The maximum absolute atomic E-state index is 12.7. The summed E-state index contributed by atoms with van der Waals surface area (Å²) in [5.41, 5.74) is 8.37. The van der Waals surface area contributed by atoms with E-state index in [9.17, 15) is 4.79 Å².